The highest BCUT2D eigenvalue weighted by Crippen LogP contribution is 2.14. The summed E-state index contributed by atoms with van der Waals surface area (Å²) in [5.41, 5.74) is 7.13. The summed E-state index contributed by atoms with van der Waals surface area (Å²) in [6, 6.07) is 16.0. The third-order valence-electron chi connectivity index (χ3n) is 3.25. The molecule has 0 aliphatic heterocycles. The van der Waals surface area contributed by atoms with Crippen molar-refractivity contribution in [2.45, 2.75) is 18.9 Å². The van der Waals surface area contributed by atoms with Crippen molar-refractivity contribution in [1.29, 1.82) is 0 Å². The summed E-state index contributed by atoms with van der Waals surface area (Å²) in [6.07, 6.45) is 0.901. The molecule has 22 heavy (non-hydrogen) atoms. The van der Waals surface area contributed by atoms with Crippen LogP contribution in [0.15, 0.2) is 59.1 Å². The largest absolute Gasteiger partial charge is 0.368 e. The van der Waals surface area contributed by atoms with Gasteiger partial charge in [0.05, 0.1) is 0 Å². The molecule has 3 N–H and O–H groups in total. The number of hydrogen-bond acceptors (Lipinski definition) is 2. The van der Waals surface area contributed by atoms with Crippen molar-refractivity contribution in [3.63, 3.8) is 0 Å². The van der Waals surface area contributed by atoms with Gasteiger partial charge in [0, 0.05) is 10.9 Å². The van der Waals surface area contributed by atoms with E-state index in [2.05, 4.69) is 21.2 Å². The Kier molecular flexibility index (Phi) is 5.72. The van der Waals surface area contributed by atoms with Crippen LogP contribution < -0.4 is 11.1 Å². The summed E-state index contributed by atoms with van der Waals surface area (Å²) in [5, 5.41) is 2.69. The predicted molar refractivity (Wildman–Crippen MR) is 89.0 cm³/mol. The number of primary amides is 1. The molecular weight excluding hydrogens is 344 g/mol. The van der Waals surface area contributed by atoms with Crippen LogP contribution in [-0.4, -0.2) is 11.8 Å². The van der Waals surface area contributed by atoms with Gasteiger partial charge in [-0.1, -0.05) is 58.4 Å². The van der Waals surface area contributed by atoms with Gasteiger partial charge in [0.1, 0.15) is 6.04 Å². The normalized spacial score (nSPS) is 11.7. The molecule has 1 unspecified atom stereocenters. The molecule has 2 aromatic rings. The predicted octanol–water partition coefficient (Wildman–Crippen LogP) is 2.72. The summed E-state index contributed by atoms with van der Waals surface area (Å²) < 4.78 is 0.977. The van der Waals surface area contributed by atoms with Crippen molar-refractivity contribution in [1.82, 2.24) is 5.32 Å². The maximum atomic E-state index is 12.1. The van der Waals surface area contributed by atoms with Gasteiger partial charge in [0.15, 0.2) is 0 Å². The number of rotatable bonds is 6. The molecule has 2 aromatic carbocycles. The molecule has 0 radical (unpaired) electrons. The monoisotopic (exact) mass is 360 g/mol. The van der Waals surface area contributed by atoms with Gasteiger partial charge in [-0.3, -0.25) is 9.59 Å². The zero-order chi connectivity index (χ0) is 15.9. The molecule has 0 aromatic heterocycles. The fraction of sp³-hybridized carbons (Fsp3) is 0.176. The first-order valence-electron chi connectivity index (χ1n) is 6.94. The number of nitrogens with one attached hydrogen (secondary N) is 1. The minimum Gasteiger partial charge on any atom is -0.368 e. The van der Waals surface area contributed by atoms with E-state index in [0.29, 0.717) is 18.4 Å². The zero-order valence-corrected chi connectivity index (χ0v) is 13.5. The van der Waals surface area contributed by atoms with Crippen LogP contribution in [-0.2, 0) is 16.0 Å². The molecule has 0 saturated heterocycles. The lowest BCUT2D eigenvalue weighted by atomic mass is 10.1. The van der Waals surface area contributed by atoms with E-state index in [1.807, 2.05) is 30.3 Å². The fourth-order valence-corrected chi connectivity index (χ4v) is 2.59. The van der Waals surface area contributed by atoms with E-state index in [0.717, 1.165) is 10.0 Å². The Morgan fingerprint density at radius 3 is 2.45 bits per heavy atom. The van der Waals surface area contributed by atoms with Crippen molar-refractivity contribution in [2.24, 2.45) is 5.73 Å². The van der Waals surface area contributed by atoms with Crippen molar-refractivity contribution in [3.05, 3.63) is 70.2 Å². The van der Waals surface area contributed by atoms with Crippen molar-refractivity contribution in [2.75, 3.05) is 0 Å². The van der Waals surface area contributed by atoms with Crippen LogP contribution in [0.5, 0.6) is 0 Å². The smallest absolute Gasteiger partial charge is 0.244 e. The molecule has 0 spiro atoms. The van der Waals surface area contributed by atoms with Crippen molar-refractivity contribution >= 4 is 27.7 Å². The Labute approximate surface area is 137 Å². The third kappa shape index (κ3) is 4.70. The number of amides is 2. The standard InChI is InChI=1S/C17H17BrN2O2/c18-14-8-4-5-12(11-14)9-10-15(21)20-16(17(19)22)13-6-2-1-3-7-13/h1-8,11,16H,9-10H2,(H2,19,22)(H,20,21). The Hall–Kier alpha value is -2.14. The molecule has 1 atom stereocenters. The average molecular weight is 361 g/mol. The van der Waals surface area contributed by atoms with E-state index in [4.69, 9.17) is 5.73 Å². The lowest BCUT2D eigenvalue weighted by molar-refractivity contribution is -0.127. The van der Waals surface area contributed by atoms with Gasteiger partial charge in [-0.05, 0) is 29.7 Å². The second-order valence-electron chi connectivity index (χ2n) is 4.94. The SMILES string of the molecule is NC(=O)C(NC(=O)CCc1cccc(Br)c1)c1ccccc1. The molecule has 0 saturated carbocycles. The lowest BCUT2D eigenvalue weighted by Crippen LogP contribution is -2.37. The Morgan fingerprint density at radius 1 is 1.09 bits per heavy atom. The molecule has 0 aliphatic carbocycles. The molecule has 0 fully saturated rings. The van der Waals surface area contributed by atoms with Gasteiger partial charge in [-0.15, -0.1) is 0 Å². The number of nitrogens with two attached hydrogens (primary N) is 1. The highest BCUT2D eigenvalue weighted by atomic mass is 79.9. The van der Waals surface area contributed by atoms with Crippen LogP contribution in [0.1, 0.15) is 23.6 Å². The van der Waals surface area contributed by atoms with Crippen LogP contribution in [0.2, 0.25) is 0 Å². The van der Waals surface area contributed by atoms with Crippen molar-refractivity contribution in [3.8, 4) is 0 Å². The number of benzene rings is 2. The fourth-order valence-electron chi connectivity index (χ4n) is 2.15. The van der Waals surface area contributed by atoms with Crippen LogP contribution in [0, 0.1) is 0 Å². The second-order valence-corrected chi connectivity index (χ2v) is 5.86. The Balaban J connectivity index is 1.96. The van der Waals surface area contributed by atoms with E-state index in [9.17, 15) is 9.59 Å². The van der Waals surface area contributed by atoms with Gasteiger partial charge in [0.2, 0.25) is 11.8 Å². The van der Waals surface area contributed by atoms with Gasteiger partial charge < -0.3 is 11.1 Å². The summed E-state index contributed by atoms with van der Waals surface area (Å²) in [4.78, 5) is 23.6. The van der Waals surface area contributed by atoms with E-state index < -0.39 is 11.9 Å². The maximum Gasteiger partial charge on any atom is 0.244 e. The van der Waals surface area contributed by atoms with Crippen LogP contribution in [0.3, 0.4) is 0 Å². The maximum absolute atomic E-state index is 12.1. The van der Waals surface area contributed by atoms with E-state index >= 15 is 0 Å². The van der Waals surface area contributed by atoms with E-state index in [1.54, 1.807) is 24.3 Å². The minimum absolute atomic E-state index is 0.201. The van der Waals surface area contributed by atoms with Gasteiger partial charge in [0.25, 0.3) is 0 Å². The first-order valence-corrected chi connectivity index (χ1v) is 7.73. The summed E-state index contributed by atoms with van der Waals surface area (Å²) in [7, 11) is 0. The third-order valence-corrected chi connectivity index (χ3v) is 3.75. The quantitative estimate of drug-likeness (QED) is 0.831. The van der Waals surface area contributed by atoms with Crippen molar-refractivity contribution < 1.29 is 9.59 Å². The molecule has 4 nitrogen and oxygen atoms in total. The molecule has 0 bridgehead atoms. The molecular formula is C17H17BrN2O2. The van der Waals surface area contributed by atoms with E-state index in [1.165, 1.54) is 0 Å². The van der Waals surface area contributed by atoms with Gasteiger partial charge in [-0.2, -0.15) is 0 Å². The van der Waals surface area contributed by atoms with Crippen LogP contribution in [0.25, 0.3) is 0 Å². The molecule has 2 amide bonds. The summed E-state index contributed by atoms with van der Waals surface area (Å²) >= 11 is 3.40. The average Bonchev–Trinajstić information content (AvgIpc) is 2.51. The molecule has 2 rings (SSSR count). The minimum atomic E-state index is -0.795. The Bertz CT molecular complexity index is 659. The number of carbonyl (C=O) groups excluding carboxylic acids is 2. The Morgan fingerprint density at radius 2 is 1.82 bits per heavy atom. The van der Waals surface area contributed by atoms with Gasteiger partial charge >= 0.3 is 0 Å². The highest BCUT2D eigenvalue weighted by Gasteiger charge is 2.19. The van der Waals surface area contributed by atoms with Crippen LogP contribution in [0.4, 0.5) is 0 Å². The first kappa shape index (κ1) is 16.2. The summed E-state index contributed by atoms with van der Waals surface area (Å²) in [5.74, 6) is -0.769. The number of aryl methyl sites for hydroxylation is 1. The number of halogens is 1. The molecule has 114 valence electrons. The zero-order valence-electron chi connectivity index (χ0n) is 12.0. The number of carbonyl (C=O) groups is 2. The van der Waals surface area contributed by atoms with E-state index in [-0.39, 0.29) is 5.91 Å². The molecule has 5 heteroatoms. The highest BCUT2D eigenvalue weighted by molar-refractivity contribution is 9.10. The summed E-state index contributed by atoms with van der Waals surface area (Å²) in [6.45, 7) is 0. The first-order chi connectivity index (χ1) is 10.6. The molecule has 0 aliphatic rings. The molecule has 0 heterocycles. The second kappa shape index (κ2) is 7.75. The topological polar surface area (TPSA) is 72.2 Å². The van der Waals surface area contributed by atoms with Crippen LogP contribution >= 0.6 is 15.9 Å². The number of hydrogen-bond donors (Lipinski definition) is 2. The lowest BCUT2D eigenvalue weighted by Gasteiger charge is -2.15. The van der Waals surface area contributed by atoms with Gasteiger partial charge in [-0.25, -0.2) is 0 Å².